The first-order valence-electron chi connectivity index (χ1n) is 4.11. The molecule has 0 amide bonds. The molecule has 16 heavy (non-hydrogen) atoms. The number of alkyl halides is 3. The highest BCUT2D eigenvalue weighted by Crippen LogP contribution is 2.25. The molecule has 0 atom stereocenters. The maximum atomic E-state index is 13.4. The van der Waals surface area contributed by atoms with E-state index in [2.05, 4.69) is 10.1 Å². The average molecular weight is 254 g/mol. The summed E-state index contributed by atoms with van der Waals surface area (Å²) in [5.74, 6) is -0.999. The molecule has 0 unspecified atom stereocenters. The molecular formula is C8H4ClF4N3. The van der Waals surface area contributed by atoms with Gasteiger partial charge in [0.2, 0.25) is 0 Å². The number of rotatable bonds is 1. The third-order valence-corrected chi connectivity index (χ3v) is 2.17. The van der Waals surface area contributed by atoms with E-state index < -0.39 is 23.7 Å². The van der Waals surface area contributed by atoms with Crippen molar-refractivity contribution in [3.63, 3.8) is 0 Å². The van der Waals surface area contributed by atoms with E-state index >= 15 is 0 Å². The number of fused-ring (bicyclic) bond motifs is 1. The van der Waals surface area contributed by atoms with Gasteiger partial charge in [0.1, 0.15) is 12.1 Å². The van der Waals surface area contributed by atoms with E-state index in [0.29, 0.717) is 4.68 Å². The van der Waals surface area contributed by atoms with Crippen LogP contribution in [0.15, 0.2) is 12.4 Å². The van der Waals surface area contributed by atoms with Crippen molar-refractivity contribution < 1.29 is 17.6 Å². The number of aromatic nitrogens is 3. The molecule has 0 bridgehead atoms. The lowest BCUT2D eigenvalue weighted by molar-refractivity contribution is -0.141. The summed E-state index contributed by atoms with van der Waals surface area (Å²) in [6, 6.07) is 0. The first-order valence-corrected chi connectivity index (χ1v) is 4.48. The van der Waals surface area contributed by atoms with Crippen molar-refractivity contribution in [1.29, 1.82) is 0 Å². The fourth-order valence-corrected chi connectivity index (χ4v) is 1.44. The van der Waals surface area contributed by atoms with Gasteiger partial charge in [-0.05, 0) is 0 Å². The van der Waals surface area contributed by atoms with Crippen LogP contribution in [0.3, 0.4) is 0 Å². The molecule has 86 valence electrons. The quantitative estimate of drug-likeness (QED) is 0.578. The van der Waals surface area contributed by atoms with E-state index in [1.165, 1.54) is 6.20 Å². The summed E-state index contributed by atoms with van der Waals surface area (Å²) in [5, 5.41) is 3.14. The molecule has 0 N–H and O–H groups in total. The van der Waals surface area contributed by atoms with Crippen molar-refractivity contribution in [2.24, 2.45) is 0 Å². The Bertz CT molecular complexity index is 534. The van der Waals surface area contributed by atoms with Gasteiger partial charge in [0.25, 0.3) is 0 Å². The van der Waals surface area contributed by atoms with Crippen LogP contribution < -0.4 is 0 Å². The van der Waals surface area contributed by atoms with E-state index in [1.807, 2.05) is 0 Å². The van der Waals surface area contributed by atoms with E-state index in [0.717, 1.165) is 6.20 Å². The molecule has 2 aromatic heterocycles. The molecule has 2 aromatic rings. The summed E-state index contributed by atoms with van der Waals surface area (Å²) in [5.41, 5.74) is -0.294. The molecule has 0 saturated carbocycles. The molecule has 0 aliphatic carbocycles. The second-order valence-corrected chi connectivity index (χ2v) is 3.44. The van der Waals surface area contributed by atoms with Gasteiger partial charge in [-0.3, -0.25) is 4.68 Å². The van der Waals surface area contributed by atoms with Crippen LogP contribution in [0.2, 0.25) is 5.15 Å². The zero-order valence-corrected chi connectivity index (χ0v) is 8.35. The lowest BCUT2D eigenvalue weighted by atomic mass is 10.3. The minimum Gasteiger partial charge on any atom is -0.253 e. The number of pyridine rings is 1. The standard InChI is InChI=1S/C8H4ClF4N3/c9-7-5(10)6-4(1-14-7)2-15-16(6)3-8(11,12)13/h1-2H,3H2. The fourth-order valence-electron chi connectivity index (χ4n) is 1.30. The molecule has 8 heteroatoms. The van der Waals surface area contributed by atoms with Gasteiger partial charge >= 0.3 is 6.18 Å². The molecule has 0 spiro atoms. The van der Waals surface area contributed by atoms with Crippen LogP contribution in [0.4, 0.5) is 17.6 Å². The molecule has 0 aliphatic heterocycles. The maximum Gasteiger partial charge on any atom is 0.408 e. The Balaban J connectivity index is 2.59. The number of nitrogens with zero attached hydrogens (tertiary/aromatic N) is 3. The van der Waals surface area contributed by atoms with E-state index in [9.17, 15) is 17.6 Å². The number of halogens is 5. The van der Waals surface area contributed by atoms with E-state index in [-0.39, 0.29) is 10.9 Å². The Labute approximate surface area is 91.6 Å². The van der Waals surface area contributed by atoms with Crippen molar-refractivity contribution in [3.05, 3.63) is 23.4 Å². The van der Waals surface area contributed by atoms with Gasteiger partial charge in [0.05, 0.1) is 6.20 Å². The number of hydrogen-bond donors (Lipinski definition) is 0. The number of hydrogen-bond acceptors (Lipinski definition) is 2. The van der Waals surface area contributed by atoms with Crippen molar-refractivity contribution >= 4 is 22.5 Å². The van der Waals surface area contributed by atoms with Crippen LogP contribution in [-0.4, -0.2) is 20.9 Å². The first-order chi connectivity index (χ1) is 7.38. The van der Waals surface area contributed by atoms with E-state index in [1.54, 1.807) is 0 Å². The topological polar surface area (TPSA) is 30.7 Å². The lowest BCUT2D eigenvalue weighted by Crippen LogP contribution is -2.18. The van der Waals surface area contributed by atoms with Gasteiger partial charge in [-0.15, -0.1) is 0 Å². The van der Waals surface area contributed by atoms with Crippen LogP contribution in [0.5, 0.6) is 0 Å². The predicted octanol–water partition coefficient (Wildman–Crippen LogP) is 2.79. The molecule has 0 aromatic carbocycles. The molecule has 0 fully saturated rings. The van der Waals surface area contributed by atoms with Crippen molar-refractivity contribution in [2.75, 3.05) is 0 Å². The molecule has 0 saturated heterocycles. The smallest absolute Gasteiger partial charge is 0.253 e. The van der Waals surface area contributed by atoms with Crippen LogP contribution in [0.1, 0.15) is 0 Å². The molecule has 3 nitrogen and oxygen atoms in total. The summed E-state index contributed by atoms with van der Waals surface area (Å²) in [4.78, 5) is 3.47. The molecule has 0 aliphatic rings. The molecule has 2 rings (SSSR count). The highest BCUT2D eigenvalue weighted by Gasteiger charge is 2.30. The second-order valence-electron chi connectivity index (χ2n) is 3.08. The van der Waals surface area contributed by atoms with Gasteiger partial charge in [-0.1, -0.05) is 11.6 Å². The summed E-state index contributed by atoms with van der Waals surface area (Å²) < 4.78 is 50.4. The Kier molecular flexibility index (Phi) is 2.49. The van der Waals surface area contributed by atoms with Gasteiger partial charge in [-0.2, -0.15) is 18.3 Å². The molecule has 0 radical (unpaired) electrons. The maximum absolute atomic E-state index is 13.4. The van der Waals surface area contributed by atoms with Crippen LogP contribution in [0, 0.1) is 5.82 Å². The van der Waals surface area contributed by atoms with Gasteiger partial charge < -0.3 is 0 Å². The van der Waals surface area contributed by atoms with Gasteiger partial charge in [0.15, 0.2) is 11.0 Å². The molecular weight excluding hydrogens is 250 g/mol. The van der Waals surface area contributed by atoms with Gasteiger partial charge in [-0.25, -0.2) is 9.37 Å². The average Bonchev–Trinajstić information content (AvgIpc) is 2.53. The zero-order chi connectivity index (χ0) is 11.9. The van der Waals surface area contributed by atoms with Crippen LogP contribution in [-0.2, 0) is 6.54 Å². The SMILES string of the molecule is Fc1c(Cl)ncc2cnn(CC(F)(F)F)c12. The van der Waals surface area contributed by atoms with Crippen molar-refractivity contribution in [2.45, 2.75) is 12.7 Å². The van der Waals surface area contributed by atoms with E-state index in [4.69, 9.17) is 11.6 Å². The van der Waals surface area contributed by atoms with Crippen LogP contribution in [0.25, 0.3) is 10.9 Å². The Morgan fingerprint density at radius 2 is 2.00 bits per heavy atom. The van der Waals surface area contributed by atoms with Crippen molar-refractivity contribution in [3.8, 4) is 0 Å². The van der Waals surface area contributed by atoms with Crippen LogP contribution >= 0.6 is 11.6 Å². The summed E-state index contributed by atoms with van der Waals surface area (Å²) >= 11 is 5.38. The van der Waals surface area contributed by atoms with Crippen molar-refractivity contribution in [1.82, 2.24) is 14.8 Å². The Morgan fingerprint density at radius 1 is 1.31 bits per heavy atom. The van der Waals surface area contributed by atoms with Gasteiger partial charge in [0, 0.05) is 11.6 Å². The third kappa shape index (κ3) is 1.95. The minimum absolute atomic E-state index is 0.172. The fraction of sp³-hybridized carbons (Fsp3) is 0.250. The largest absolute Gasteiger partial charge is 0.408 e. The Morgan fingerprint density at radius 3 is 2.62 bits per heavy atom. The predicted molar refractivity (Wildman–Crippen MR) is 48.6 cm³/mol. The summed E-state index contributed by atoms with van der Waals surface area (Å²) in [6.07, 6.45) is -2.20. The Hall–Kier alpha value is -1.37. The second kappa shape index (κ2) is 3.58. The zero-order valence-electron chi connectivity index (χ0n) is 7.59. The summed E-state index contributed by atoms with van der Waals surface area (Å²) in [7, 11) is 0. The summed E-state index contributed by atoms with van der Waals surface area (Å²) in [6.45, 7) is -1.37. The lowest BCUT2D eigenvalue weighted by Gasteiger charge is -2.07. The monoisotopic (exact) mass is 253 g/mol. The first kappa shape index (κ1) is 11.1. The normalized spacial score (nSPS) is 12.3. The third-order valence-electron chi connectivity index (χ3n) is 1.90. The molecule has 2 heterocycles. The highest BCUT2D eigenvalue weighted by molar-refractivity contribution is 6.30. The minimum atomic E-state index is -4.47. The highest BCUT2D eigenvalue weighted by atomic mass is 35.5.